The van der Waals surface area contributed by atoms with Gasteiger partial charge in [0.15, 0.2) is 0 Å². The molecule has 4 nitrogen and oxygen atoms in total. The smallest absolute Gasteiger partial charge is 0.404 e. The SMILES string of the molecule is CCOP(=O)(OCC)Oc1cc(C)cc(F)c1. The average Bonchev–Trinajstić information content (AvgIpc) is 2.15. The van der Waals surface area contributed by atoms with E-state index in [2.05, 4.69) is 0 Å². The fourth-order valence-corrected chi connectivity index (χ4v) is 2.47. The van der Waals surface area contributed by atoms with Crippen LogP contribution in [0.15, 0.2) is 18.2 Å². The normalized spacial score (nSPS) is 11.5. The summed E-state index contributed by atoms with van der Waals surface area (Å²) in [5.41, 5.74) is 0.666. The molecule has 1 aromatic carbocycles. The van der Waals surface area contributed by atoms with E-state index in [0.717, 1.165) is 6.07 Å². The van der Waals surface area contributed by atoms with Crippen molar-refractivity contribution in [2.75, 3.05) is 13.2 Å². The molecule has 0 N–H and O–H groups in total. The summed E-state index contributed by atoms with van der Waals surface area (Å²) in [5, 5.41) is 0. The number of halogens is 1. The van der Waals surface area contributed by atoms with E-state index in [4.69, 9.17) is 13.6 Å². The van der Waals surface area contributed by atoms with E-state index in [9.17, 15) is 8.96 Å². The van der Waals surface area contributed by atoms with E-state index in [1.807, 2.05) is 0 Å². The first-order valence-electron chi connectivity index (χ1n) is 5.35. The zero-order chi connectivity index (χ0) is 12.9. The zero-order valence-corrected chi connectivity index (χ0v) is 11.0. The Balaban J connectivity index is 2.89. The number of aryl methyl sites for hydroxylation is 1. The summed E-state index contributed by atoms with van der Waals surface area (Å²) in [6.07, 6.45) is 0. The predicted molar refractivity (Wildman–Crippen MR) is 62.6 cm³/mol. The Morgan fingerprint density at radius 1 is 1.18 bits per heavy atom. The Bertz CT molecular complexity index is 392. The third-order valence-corrected chi connectivity index (χ3v) is 3.39. The van der Waals surface area contributed by atoms with Crippen molar-refractivity contribution < 1.29 is 22.5 Å². The Morgan fingerprint density at radius 3 is 2.24 bits per heavy atom. The Labute approximate surface area is 100 Å². The predicted octanol–water partition coefficient (Wildman–Crippen LogP) is 3.69. The Kier molecular flexibility index (Phi) is 5.12. The number of phosphoric ester groups is 1. The molecule has 0 heterocycles. The van der Waals surface area contributed by atoms with E-state index >= 15 is 0 Å². The summed E-state index contributed by atoms with van der Waals surface area (Å²) in [5.74, 6) is -0.327. The molecule has 6 heteroatoms. The molecule has 0 unspecified atom stereocenters. The van der Waals surface area contributed by atoms with Crippen molar-refractivity contribution in [3.05, 3.63) is 29.6 Å². The van der Waals surface area contributed by atoms with Crippen LogP contribution in [-0.4, -0.2) is 13.2 Å². The number of benzene rings is 1. The molecule has 0 saturated carbocycles. The molecule has 0 atom stereocenters. The van der Waals surface area contributed by atoms with Gasteiger partial charge in [-0.2, -0.15) is 0 Å². The van der Waals surface area contributed by atoms with Crippen LogP contribution in [0.5, 0.6) is 5.75 Å². The molecule has 0 bridgehead atoms. The first-order chi connectivity index (χ1) is 7.99. The molecule has 0 aliphatic rings. The van der Waals surface area contributed by atoms with Gasteiger partial charge in [0, 0.05) is 6.07 Å². The largest absolute Gasteiger partial charge is 0.530 e. The second kappa shape index (κ2) is 6.15. The molecule has 0 saturated heterocycles. The number of hydrogen-bond donors (Lipinski definition) is 0. The molecule has 0 fully saturated rings. The van der Waals surface area contributed by atoms with E-state index in [1.165, 1.54) is 6.07 Å². The maximum absolute atomic E-state index is 13.1. The first kappa shape index (κ1) is 14.2. The molecule has 96 valence electrons. The van der Waals surface area contributed by atoms with Gasteiger partial charge in [0.2, 0.25) is 0 Å². The molecule has 1 rings (SSSR count). The highest BCUT2D eigenvalue weighted by molar-refractivity contribution is 7.48. The maximum atomic E-state index is 13.1. The lowest BCUT2D eigenvalue weighted by atomic mass is 10.2. The molecular weight excluding hydrogens is 246 g/mol. The third kappa shape index (κ3) is 4.46. The van der Waals surface area contributed by atoms with Gasteiger partial charge in [-0.15, -0.1) is 0 Å². The lowest BCUT2D eigenvalue weighted by molar-refractivity contribution is 0.167. The highest BCUT2D eigenvalue weighted by atomic mass is 31.2. The summed E-state index contributed by atoms with van der Waals surface area (Å²) < 4.78 is 40.1. The Morgan fingerprint density at radius 2 is 1.76 bits per heavy atom. The van der Waals surface area contributed by atoms with Crippen LogP contribution in [0.4, 0.5) is 4.39 Å². The minimum atomic E-state index is -3.65. The van der Waals surface area contributed by atoms with Crippen molar-refractivity contribution in [3.8, 4) is 5.75 Å². The topological polar surface area (TPSA) is 44.8 Å². The summed E-state index contributed by atoms with van der Waals surface area (Å²) in [6, 6.07) is 4.05. The molecule has 0 aromatic heterocycles. The van der Waals surface area contributed by atoms with Crippen LogP contribution in [0.25, 0.3) is 0 Å². The average molecular weight is 262 g/mol. The molecule has 0 amide bonds. The van der Waals surface area contributed by atoms with Gasteiger partial charge in [-0.25, -0.2) is 8.96 Å². The second-order valence-electron chi connectivity index (χ2n) is 3.34. The lowest BCUT2D eigenvalue weighted by Gasteiger charge is -2.17. The molecule has 0 aliphatic carbocycles. The molecule has 1 aromatic rings. The zero-order valence-electron chi connectivity index (χ0n) is 10.1. The highest BCUT2D eigenvalue weighted by Gasteiger charge is 2.27. The van der Waals surface area contributed by atoms with Gasteiger partial charge in [0.05, 0.1) is 13.2 Å². The van der Waals surface area contributed by atoms with Crippen LogP contribution < -0.4 is 4.52 Å². The minimum Gasteiger partial charge on any atom is -0.404 e. The van der Waals surface area contributed by atoms with Gasteiger partial charge in [0.25, 0.3) is 0 Å². The monoisotopic (exact) mass is 262 g/mol. The van der Waals surface area contributed by atoms with Crippen molar-refractivity contribution >= 4 is 7.82 Å². The fraction of sp³-hybridized carbons (Fsp3) is 0.455. The van der Waals surface area contributed by atoms with Crippen LogP contribution in [0.3, 0.4) is 0 Å². The summed E-state index contributed by atoms with van der Waals surface area (Å²) in [6.45, 7) is 5.43. The summed E-state index contributed by atoms with van der Waals surface area (Å²) in [4.78, 5) is 0. The van der Waals surface area contributed by atoms with E-state index in [0.29, 0.717) is 5.56 Å². The number of rotatable bonds is 6. The standard InChI is InChI=1S/C11H16FO4P/c1-4-14-17(13,15-5-2)16-11-7-9(3)6-10(12)8-11/h6-8H,4-5H2,1-3H3. The van der Waals surface area contributed by atoms with E-state index in [1.54, 1.807) is 26.8 Å². The van der Waals surface area contributed by atoms with Gasteiger partial charge >= 0.3 is 7.82 Å². The van der Waals surface area contributed by atoms with Crippen LogP contribution in [-0.2, 0) is 13.6 Å². The van der Waals surface area contributed by atoms with Crippen LogP contribution in [0, 0.1) is 12.7 Å². The van der Waals surface area contributed by atoms with Gasteiger partial charge in [-0.3, -0.25) is 9.05 Å². The van der Waals surface area contributed by atoms with Crippen molar-refractivity contribution in [2.24, 2.45) is 0 Å². The quantitative estimate of drug-likeness (QED) is 0.733. The molecule has 0 spiro atoms. The van der Waals surface area contributed by atoms with Crippen LogP contribution in [0.2, 0.25) is 0 Å². The maximum Gasteiger partial charge on any atom is 0.530 e. The van der Waals surface area contributed by atoms with Crippen LogP contribution in [0.1, 0.15) is 19.4 Å². The third-order valence-electron chi connectivity index (χ3n) is 1.81. The Hall–Kier alpha value is -0.900. The van der Waals surface area contributed by atoms with E-state index < -0.39 is 13.6 Å². The van der Waals surface area contributed by atoms with Gasteiger partial charge in [0.1, 0.15) is 11.6 Å². The summed E-state index contributed by atoms with van der Waals surface area (Å²) >= 11 is 0. The van der Waals surface area contributed by atoms with Crippen molar-refractivity contribution in [1.82, 2.24) is 0 Å². The summed E-state index contributed by atoms with van der Waals surface area (Å²) in [7, 11) is -3.65. The minimum absolute atomic E-state index is 0.132. The molecular formula is C11H16FO4P. The first-order valence-corrected chi connectivity index (χ1v) is 6.81. The molecule has 17 heavy (non-hydrogen) atoms. The van der Waals surface area contributed by atoms with Crippen molar-refractivity contribution in [1.29, 1.82) is 0 Å². The van der Waals surface area contributed by atoms with Gasteiger partial charge in [-0.05, 0) is 38.5 Å². The highest BCUT2D eigenvalue weighted by Crippen LogP contribution is 2.49. The van der Waals surface area contributed by atoms with Gasteiger partial charge < -0.3 is 4.52 Å². The number of phosphoric acid groups is 1. The lowest BCUT2D eigenvalue weighted by Crippen LogP contribution is -2.02. The van der Waals surface area contributed by atoms with Crippen molar-refractivity contribution in [3.63, 3.8) is 0 Å². The van der Waals surface area contributed by atoms with Crippen LogP contribution >= 0.6 is 7.82 Å². The molecule has 0 radical (unpaired) electrons. The number of hydrogen-bond acceptors (Lipinski definition) is 4. The second-order valence-corrected chi connectivity index (χ2v) is 4.93. The van der Waals surface area contributed by atoms with E-state index in [-0.39, 0.29) is 19.0 Å². The van der Waals surface area contributed by atoms with Crippen molar-refractivity contribution in [2.45, 2.75) is 20.8 Å². The fourth-order valence-electron chi connectivity index (χ4n) is 1.29. The molecule has 0 aliphatic heterocycles. The van der Waals surface area contributed by atoms with Gasteiger partial charge in [-0.1, -0.05) is 0 Å².